The Morgan fingerprint density at radius 3 is 2.68 bits per heavy atom. The number of aryl methyl sites for hydroxylation is 2. The fourth-order valence-electron chi connectivity index (χ4n) is 2.13. The van der Waals surface area contributed by atoms with Crippen LogP contribution in [0.5, 0.6) is 0 Å². The zero-order valence-electron chi connectivity index (χ0n) is 11.7. The lowest BCUT2D eigenvalue weighted by molar-refractivity contribution is 0.0983. The van der Waals surface area contributed by atoms with Gasteiger partial charge in [-0.2, -0.15) is 0 Å². The van der Waals surface area contributed by atoms with E-state index in [1.165, 1.54) is 4.88 Å². The fraction of sp³-hybridized carbons (Fsp3) is 0.692. The number of piperidine rings is 1. The quantitative estimate of drug-likeness (QED) is 0.926. The molecule has 0 saturated carbocycles. The second kappa shape index (κ2) is 6.23. The third-order valence-corrected chi connectivity index (χ3v) is 4.38. The highest BCUT2D eigenvalue weighted by Crippen LogP contribution is 2.24. The average molecular weight is 283 g/mol. The molecule has 19 heavy (non-hydrogen) atoms. The standard InChI is InChI=1S/C13H21N3O2S/c1-4-18-13(17)16-7-5-11(6-8-16)15-12-14-9(2)10(3)19-12/h11H,4-8H2,1-3H3,(H,14,15). The minimum atomic E-state index is -0.193. The third-order valence-electron chi connectivity index (χ3n) is 3.38. The SMILES string of the molecule is CCOC(=O)N1CCC(Nc2nc(C)c(C)s2)CC1. The van der Waals surface area contributed by atoms with Crippen LogP contribution in [0.3, 0.4) is 0 Å². The number of amides is 1. The summed E-state index contributed by atoms with van der Waals surface area (Å²) in [6, 6.07) is 0.399. The van der Waals surface area contributed by atoms with Crippen LogP contribution in [-0.4, -0.2) is 41.7 Å². The van der Waals surface area contributed by atoms with Crippen molar-refractivity contribution in [1.82, 2.24) is 9.88 Å². The van der Waals surface area contributed by atoms with Gasteiger partial charge in [0.2, 0.25) is 0 Å². The molecule has 1 aromatic rings. The van der Waals surface area contributed by atoms with E-state index < -0.39 is 0 Å². The minimum Gasteiger partial charge on any atom is -0.450 e. The Bertz CT molecular complexity index is 420. The van der Waals surface area contributed by atoms with Crippen molar-refractivity contribution in [2.75, 3.05) is 25.0 Å². The Labute approximate surface area is 118 Å². The van der Waals surface area contributed by atoms with Gasteiger partial charge in [-0.15, -0.1) is 11.3 Å². The summed E-state index contributed by atoms with van der Waals surface area (Å²) in [4.78, 5) is 19.1. The number of rotatable bonds is 3. The summed E-state index contributed by atoms with van der Waals surface area (Å²) >= 11 is 1.70. The summed E-state index contributed by atoms with van der Waals surface area (Å²) in [7, 11) is 0. The molecule has 2 rings (SSSR count). The fourth-order valence-corrected chi connectivity index (χ4v) is 3.02. The van der Waals surface area contributed by atoms with Crippen molar-refractivity contribution < 1.29 is 9.53 Å². The predicted octanol–water partition coefficient (Wildman–Crippen LogP) is 2.79. The van der Waals surface area contributed by atoms with Crippen molar-refractivity contribution in [1.29, 1.82) is 0 Å². The molecule has 0 atom stereocenters. The van der Waals surface area contributed by atoms with Crippen LogP contribution in [0.15, 0.2) is 0 Å². The van der Waals surface area contributed by atoms with Crippen LogP contribution in [0, 0.1) is 13.8 Å². The summed E-state index contributed by atoms with van der Waals surface area (Å²) < 4.78 is 5.01. The Morgan fingerprint density at radius 2 is 2.16 bits per heavy atom. The molecule has 0 radical (unpaired) electrons. The first-order chi connectivity index (χ1) is 9.10. The number of ether oxygens (including phenoxy) is 1. The van der Waals surface area contributed by atoms with E-state index >= 15 is 0 Å². The molecule has 1 saturated heterocycles. The largest absolute Gasteiger partial charge is 0.450 e. The van der Waals surface area contributed by atoms with E-state index in [4.69, 9.17) is 4.74 Å². The van der Waals surface area contributed by atoms with Gasteiger partial charge in [-0.3, -0.25) is 0 Å². The monoisotopic (exact) mass is 283 g/mol. The molecule has 1 N–H and O–H groups in total. The van der Waals surface area contributed by atoms with Gasteiger partial charge in [-0.05, 0) is 33.6 Å². The first kappa shape index (κ1) is 14.1. The van der Waals surface area contributed by atoms with Gasteiger partial charge < -0.3 is 15.0 Å². The van der Waals surface area contributed by atoms with Gasteiger partial charge in [0.25, 0.3) is 0 Å². The van der Waals surface area contributed by atoms with Gasteiger partial charge in [-0.1, -0.05) is 0 Å². The van der Waals surface area contributed by atoms with Crippen LogP contribution in [0.4, 0.5) is 9.93 Å². The zero-order chi connectivity index (χ0) is 13.8. The van der Waals surface area contributed by atoms with Crippen molar-refractivity contribution in [2.45, 2.75) is 39.7 Å². The lowest BCUT2D eigenvalue weighted by atomic mass is 10.1. The second-order valence-electron chi connectivity index (χ2n) is 4.77. The smallest absolute Gasteiger partial charge is 0.409 e. The summed E-state index contributed by atoms with van der Waals surface area (Å²) in [5.41, 5.74) is 1.09. The van der Waals surface area contributed by atoms with E-state index in [1.807, 2.05) is 13.8 Å². The molecule has 0 spiro atoms. The summed E-state index contributed by atoms with van der Waals surface area (Å²) in [5, 5.41) is 4.45. The van der Waals surface area contributed by atoms with Gasteiger partial charge >= 0.3 is 6.09 Å². The normalized spacial score (nSPS) is 16.5. The van der Waals surface area contributed by atoms with Crippen LogP contribution in [0.1, 0.15) is 30.3 Å². The number of hydrogen-bond acceptors (Lipinski definition) is 5. The molecule has 1 fully saturated rings. The topological polar surface area (TPSA) is 54.5 Å². The summed E-state index contributed by atoms with van der Waals surface area (Å²) in [6.07, 6.45) is 1.69. The van der Waals surface area contributed by atoms with Crippen molar-refractivity contribution in [3.05, 3.63) is 10.6 Å². The maximum absolute atomic E-state index is 11.6. The lowest BCUT2D eigenvalue weighted by Gasteiger charge is -2.31. The van der Waals surface area contributed by atoms with E-state index in [0.717, 1.165) is 36.8 Å². The molecule has 2 heterocycles. The van der Waals surface area contributed by atoms with Crippen molar-refractivity contribution in [2.24, 2.45) is 0 Å². The maximum Gasteiger partial charge on any atom is 0.409 e. The molecule has 1 amide bonds. The molecule has 1 aromatic heterocycles. The van der Waals surface area contributed by atoms with Crippen LogP contribution in [0.25, 0.3) is 0 Å². The van der Waals surface area contributed by atoms with Gasteiger partial charge in [-0.25, -0.2) is 9.78 Å². The molecule has 0 bridgehead atoms. The molecule has 0 aliphatic carbocycles. The minimum absolute atomic E-state index is 0.193. The first-order valence-electron chi connectivity index (χ1n) is 6.72. The molecule has 5 nitrogen and oxygen atoms in total. The molecule has 6 heteroatoms. The lowest BCUT2D eigenvalue weighted by Crippen LogP contribution is -2.42. The highest BCUT2D eigenvalue weighted by atomic mass is 32.1. The molecule has 1 aliphatic rings. The number of carbonyl (C=O) groups excluding carboxylic acids is 1. The second-order valence-corrected chi connectivity index (χ2v) is 5.97. The Morgan fingerprint density at radius 1 is 1.47 bits per heavy atom. The molecule has 106 valence electrons. The molecular formula is C13H21N3O2S. The maximum atomic E-state index is 11.6. The average Bonchev–Trinajstić information content (AvgIpc) is 2.69. The number of aromatic nitrogens is 1. The first-order valence-corrected chi connectivity index (χ1v) is 7.54. The number of nitrogens with one attached hydrogen (secondary N) is 1. The summed E-state index contributed by atoms with van der Waals surface area (Å²) in [6.45, 7) is 7.88. The van der Waals surface area contributed by atoms with E-state index in [2.05, 4.69) is 17.2 Å². The molecule has 1 aliphatic heterocycles. The van der Waals surface area contributed by atoms with Crippen molar-refractivity contribution in [3.8, 4) is 0 Å². The van der Waals surface area contributed by atoms with Gasteiger partial charge in [0.1, 0.15) is 0 Å². The number of thiazole rings is 1. The molecule has 0 aromatic carbocycles. The number of carbonyl (C=O) groups is 1. The Balaban J connectivity index is 1.82. The van der Waals surface area contributed by atoms with E-state index in [0.29, 0.717) is 12.6 Å². The summed E-state index contributed by atoms with van der Waals surface area (Å²) in [5.74, 6) is 0. The van der Waals surface area contributed by atoms with E-state index in [1.54, 1.807) is 16.2 Å². The molecule has 0 unspecified atom stereocenters. The van der Waals surface area contributed by atoms with Gasteiger partial charge in [0, 0.05) is 24.0 Å². The van der Waals surface area contributed by atoms with Crippen LogP contribution in [-0.2, 0) is 4.74 Å². The Hall–Kier alpha value is -1.30. The third kappa shape index (κ3) is 3.59. The number of nitrogens with zero attached hydrogens (tertiary/aromatic N) is 2. The Kier molecular flexibility index (Phi) is 4.63. The number of anilines is 1. The van der Waals surface area contributed by atoms with Gasteiger partial charge in [0.05, 0.1) is 12.3 Å². The zero-order valence-corrected chi connectivity index (χ0v) is 12.5. The van der Waals surface area contributed by atoms with Crippen molar-refractivity contribution in [3.63, 3.8) is 0 Å². The van der Waals surface area contributed by atoms with Crippen molar-refractivity contribution >= 4 is 22.6 Å². The van der Waals surface area contributed by atoms with E-state index in [9.17, 15) is 4.79 Å². The molecular weight excluding hydrogens is 262 g/mol. The number of hydrogen-bond donors (Lipinski definition) is 1. The van der Waals surface area contributed by atoms with Crippen LogP contribution < -0.4 is 5.32 Å². The highest BCUT2D eigenvalue weighted by Gasteiger charge is 2.23. The number of likely N-dealkylation sites (tertiary alicyclic amines) is 1. The van der Waals surface area contributed by atoms with Crippen LogP contribution >= 0.6 is 11.3 Å². The van der Waals surface area contributed by atoms with Gasteiger partial charge in [0.15, 0.2) is 5.13 Å². The van der Waals surface area contributed by atoms with Crippen LogP contribution in [0.2, 0.25) is 0 Å². The highest BCUT2D eigenvalue weighted by molar-refractivity contribution is 7.15. The van der Waals surface area contributed by atoms with E-state index in [-0.39, 0.29) is 6.09 Å². The predicted molar refractivity (Wildman–Crippen MR) is 76.8 cm³/mol.